The predicted octanol–water partition coefficient (Wildman–Crippen LogP) is 10.3. The summed E-state index contributed by atoms with van der Waals surface area (Å²) >= 11 is 0. The van der Waals surface area contributed by atoms with Crippen molar-refractivity contribution >= 4 is 31.7 Å². The summed E-state index contributed by atoms with van der Waals surface area (Å²) in [5.74, 6) is 0. The van der Waals surface area contributed by atoms with Gasteiger partial charge in [0.1, 0.15) is 4.90 Å². The minimum absolute atomic E-state index is 0.255. The Labute approximate surface area is 226 Å². The van der Waals surface area contributed by atoms with Crippen LogP contribution in [0.2, 0.25) is 0 Å². The molecule has 3 aromatic rings. The number of benzene rings is 3. The Morgan fingerprint density at radius 3 is 1.54 bits per heavy atom. The van der Waals surface area contributed by atoms with Crippen LogP contribution in [0.5, 0.6) is 0 Å². The molecule has 0 radical (unpaired) electrons. The zero-order chi connectivity index (χ0) is 26.2. The zero-order valence-corrected chi connectivity index (χ0v) is 23.9. The van der Waals surface area contributed by atoms with Crippen LogP contribution in [0.3, 0.4) is 0 Å². The van der Waals surface area contributed by atoms with E-state index in [0.29, 0.717) is 0 Å². The molecule has 0 aliphatic carbocycles. The molecule has 3 rings (SSSR count). The number of hydrogen-bond donors (Lipinski definition) is 0. The Bertz CT molecular complexity index is 1150. The standard InChI is InChI=1S/C33H48O3S/c1-2-3-4-5-6-7-8-9-10-11-12-13-14-15-16-17-20-26-36-37(34,35)33-25-21-24-31-27-29-22-18-19-23-30(29)28-32(31)33/h18-19,21-25,27-28H,2-17,20,26H2,1H3. The monoisotopic (exact) mass is 524 g/mol. The molecule has 0 aliphatic heterocycles. The third kappa shape index (κ3) is 10.4. The van der Waals surface area contributed by atoms with Gasteiger partial charge in [0.05, 0.1) is 6.61 Å². The van der Waals surface area contributed by atoms with Crippen molar-refractivity contribution in [1.82, 2.24) is 0 Å². The minimum atomic E-state index is -3.78. The lowest BCUT2D eigenvalue weighted by Gasteiger charge is -2.10. The Kier molecular flexibility index (Phi) is 13.5. The van der Waals surface area contributed by atoms with E-state index in [1.807, 2.05) is 42.5 Å². The fourth-order valence-corrected chi connectivity index (χ4v) is 6.37. The third-order valence-electron chi connectivity index (χ3n) is 7.46. The summed E-state index contributed by atoms with van der Waals surface area (Å²) in [5, 5.41) is 3.78. The van der Waals surface area contributed by atoms with Crippen LogP contribution in [-0.4, -0.2) is 15.0 Å². The van der Waals surface area contributed by atoms with E-state index in [2.05, 4.69) is 6.92 Å². The first kappa shape index (κ1) is 29.6. The normalized spacial score (nSPS) is 12.0. The molecule has 0 N–H and O–H groups in total. The van der Waals surface area contributed by atoms with Crippen LogP contribution >= 0.6 is 0 Å². The van der Waals surface area contributed by atoms with E-state index in [4.69, 9.17) is 4.18 Å². The highest BCUT2D eigenvalue weighted by Gasteiger charge is 2.18. The number of hydrogen-bond acceptors (Lipinski definition) is 3. The van der Waals surface area contributed by atoms with Crippen LogP contribution in [0.15, 0.2) is 59.5 Å². The van der Waals surface area contributed by atoms with Gasteiger partial charge in [-0.05, 0) is 40.8 Å². The van der Waals surface area contributed by atoms with Crippen LogP contribution in [0, 0.1) is 0 Å². The summed E-state index contributed by atoms with van der Waals surface area (Å²) in [6, 6.07) is 17.4. The molecule has 0 bridgehead atoms. The van der Waals surface area contributed by atoms with Gasteiger partial charge in [0.15, 0.2) is 0 Å². The average molecular weight is 525 g/mol. The summed E-state index contributed by atoms with van der Waals surface area (Å²) in [5.41, 5.74) is 0. The van der Waals surface area contributed by atoms with Gasteiger partial charge >= 0.3 is 0 Å². The Balaban J connectivity index is 1.23. The lowest BCUT2D eigenvalue weighted by atomic mass is 10.0. The molecule has 0 unspecified atom stereocenters. The molecule has 0 amide bonds. The molecule has 0 saturated heterocycles. The van der Waals surface area contributed by atoms with Gasteiger partial charge in [-0.3, -0.25) is 4.18 Å². The Hall–Kier alpha value is -1.91. The molecular weight excluding hydrogens is 476 g/mol. The second-order valence-electron chi connectivity index (χ2n) is 10.6. The van der Waals surface area contributed by atoms with Gasteiger partial charge in [-0.2, -0.15) is 8.42 Å². The third-order valence-corrected chi connectivity index (χ3v) is 8.83. The molecule has 204 valence electrons. The number of rotatable bonds is 20. The maximum absolute atomic E-state index is 12.9. The van der Waals surface area contributed by atoms with E-state index in [-0.39, 0.29) is 11.5 Å². The summed E-state index contributed by atoms with van der Waals surface area (Å²) in [6.45, 7) is 2.53. The van der Waals surface area contributed by atoms with Gasteiger partial charge in [0.25, 0.3) is 10.1 Å². The predicted molar refractivity (Wildman–Crippen MR) is 159 cm³/mol. The van der Waals surface area contributed by atoms with Gasteiger partial charge in [-0.15, -0.1) is 0 Å². The van der Waals surface area contributed by atoms with Gasteiger partial charge in [0.2, 0.25) is 0 Å². The molecule has 4 heteroatoms. The molecule has 0 saturated carbocycles. The zero-order valence-electron chi connectivity index (χ0n) is 23.1. The smallest absolute Gasteiger partial charge is 0.266 e. The van der Waals surface area contributed by atoms with Gasteiger partial charge in [-0.1, -0.05) is 146 Å². The van der Waals surface area contributed by atoms with E-state index >= 15 is 0 Å². The SMILES string of the molecule is CCCCCCCCCCCCCCCCCCCOS(=O)(=O)c1cccc2cc3ccccc3cc12. The van der Waals surface area contributed by atoms with Crippen LogP contribution in [0.4, 0.5) is 0 Å². The quantitative estimate of drug-likeness (QED) is 0.0838. The van der Waals surface area contributed by atoms with Crippen LogP contribution in [-0.2, 0) is 14.3 Å². The molecule has 0 heterocycles. The van der Waals surface area contributed by atoms with Gasteiger partial charge < -0.3 is 0 Å². The lowest BCUT2D eigenvalue weighted by Crippen LogP contribution is -2.08. The average Bonchev–Trinajstić information content (AvgIpc) is 2.90. The second kappa shape index (κ2) is 16.8. The summed E-state index contributed by atoms with van der Waals surface area (Å²) < 4.78 is 31.3. The second-order valence-corrected chi connectivity index (χ2v) is 12.2. The topological polar surface area (TPSA) is 43.4 Å². The van der Waals surface area contributed by atoms with E-state index < -0.39 is 10.1 Å². The first-order valence-electron chi connectivity index (χ1n) is 14.9. The molecular formula is C33H48O3S. The summed E-state index contributed by atoms with van der Waals surface area (Å²) in [4.78, 5) is 0.266. The van der Waals surface area contributed by atoms with E-state index in [0.717, 1.165) is 40.8 Å². The van der Waals surface area contributed by atoms with Crippen molar-refractivity contribution in [2.24, 2.45) is 0 Å². The van der Waals surface area contributed by atoms with Crippen molar-refractivity contribution in [2.75, 3.05) is 6.61 Å². The largest absolute Gasteiger partial charge is 0.297 e. The van der Waals surface area contributed by atoms with Crippen molar-refractivity contribution in [3.63, 3.8) is 0 Å². The van der Waals surface area contributed by atoms with Crippen LogP contribution in [0.25, 0.3) is 21.5 Å². The molecule has 37 heavy (non-hydrogen) atoms. The molecule has 0 fully saturated rings. The fraction of sp³-hybridized carbons (Fsp3) is 0.576. The molecule has 0 spiro atoms. The highest BCUT2D eigenvalue weighted by molar-refractivity contribution is 7.87. The van der Waals surface area contributed by atoms with E-state index in [9.17, 15) is 8.42 Å². The molecule has 3 nitrogen and oxygen atoms in total. The highest BCUT2D eigenvalue weighted by Crippen LogP contribution is 2.29. The van der Waals surface area contributed by atoms with E-state index in [1.165, 1.54) is 89.9 Å². The van der Waals surface area contributed by atoms with Crippen molar-refractivity contribution in [2.45, 2.75) is 121 Å². The fourth-order valence-electron chi connectivity index (χ4n) is 5.22. The maximum atomic E-state index is 12.9. The van der Waals surface area contributed by atoms with Gasteiger partial charge in [0, 0.05) is 5.39 Å². The molecule has 0 aromatic heterocycles. The summed E-state index contributed by atoms with van der Waals surface area (Å²) in [7, 11) is -3.78. The van der Waals surface area contributed by atoms with Crippen molar-refractivity contribution in [3.05, 3.63) is 54.6 Å². The van der Waals surface area contributed by atoms with Crippen molar-refractivity contribution < 1.29 is 12.6 Å². The Morgan fingerprint density at radius 1 is 0.541 bits per heavy atom. The molecule has 0 aliphatic rings. The van der Waals surface area contributed by atoms with Crippen molar-refractivity contribution in [1.29, 1.82) is 0 Å². The van der Waals surface area contributed by atoms with Gasteiger partial charge in [-0.25, -0.2) is 0 Å². The number of fused-ring (bicyclic) bond motifs is 2. The molecule has 0 atom stereocenters. The summed E-state index contributed by atoms with van der Waals surface area (Å²) in [6.07, 6.45) is 22.2. The highest BCUT2D eigenvalue weighted by atomic mass is 32.2. The maximum Gasteiger partial charge on any atom is 0.297 e. The van der Waals surface area contributed by atoms with Crippen molar-refractivity contribution in [3.8, 4) is 0 Å². The van der Waals surface area contributed by atoms with Crippen LogP contribution < -0.4 is 0 Å². The lowest BCUT2D eigenvalue weighted by molar-refractivity contribution is 0.306. The first-order valence-corrected chi connectivity index (χ1v) is 16.3. The van der Waals surface area contributed by atoms with Crippen LogP contribution in [0.1, 0.15) is 116 Å². The van der Waals surface area contributed by atoms with E-state index in [1.54, 1.807) is 12.1 Å². The number of unbranched alkanes of at least 4 members (excludes halogenated alkanes) is 16. The first-order chi connectivity index (χ1) is 18.1. The Morgan fingerprint density at radius 2 is 1.00 bits per heavy atom. The molecule has 3 aromatic carbocycles. The minimum Gasteiger partial charge on any atom is -0.266 e.